The molecule has 1 saturated carbocycles. The number of fused-ring (bicyclic) bond motifs is 3. The lowest BCUT2D eigenvalue weighted by Gasteiger charge is -2.37. The van der Waals surface area contributed by atoms with E-state index < -0.39 is 11.7 Å². The molecule has 3 aliphatic heterocycles. The molecule has 1 aliphatic carbocycles. The Morgan fingerprint density at radius 1 is 1.10 bits per heavy atom. The minimum atomic E-state index is -4.40. The second-order valence-corrected chi connectivity index (χ2v) is 12.3. The van der Waals surface area contributed by atoms with Crippen LogP contribution in [0.5, 0.6) is 0 Å². The van der Waals surface area contributed by atoms with Gasteiger partial charge in [0, 0.05) is 51.2 Å². The van der Waals surface area contributed by atoms with E-state index in [4.69, 9.17) is 4.74 Å². The number of morpholine rings is 1. The van der Waals surface area contributed by atoms with Crippen LogP contribution in [0.1, 0.15) is 43.7 Å². The van der Waals surface area contributed by atoms with Crippen LogP contribution in [0.25, 0.3) is 0 Å². The second kappa shape index (κ2) is 10.6. The first-order valence-corrected chi connectivity index (χ1v) is 14.5. The van der Waals surface area contributed by atoms with Gasteiger partial charge in [-0.05, 0) is 42.9 Å². The maximum Gasteiger partial charge on any atom is 0.416 e. The minimum absolute atomic E-state index is 0.137. The molecule has 4 aliphatic rings. The van der Waals surface area contributed by atoms with Crippen molar-refractivity contribution in [3.05, 3.63) is 41.7 Å². The number of hydrogen-bond donors (Lipinski definition) is 1. The van der Waals surface area contributed by atoms with Gasteiger partial charge >= 0.3 is 12.2 Å². The maximum absolute atomic E-state index is 13.9. The summed E-state index contributed by atoms with van der Waals surface area (Å²) in [5.74, 6) is 0.574. The number of carbonyl (C=O) groups is 2. The zero-order valence-electron chi connectivity index (χ0n) is 23.7. The molecule has 4 unspecified atom stereocenters. The number of carbonyl (C=O) groups excluding carboxylic acids is 2. The van der Waals surface area contributed by atoms with Gasteiger partial charge in [0.2, 0.25) is 5.91 Å². The Bertz CT molecular complexity index is 1280. The number of ether oxygens (including phenoxy) is 1. The van der Waals surface area contributed by atoms with Crippen molar-refractivity contribution in [1.29, 1.82) is 0 Å². The van der Waals surface area contributed by atoms with Crippen LogP contribution < -0.4 is 14.7 Å². The highest BCUT2D eigenvalue weighted by molar-refractivity contribution is 5.91. The Labute approximate surface area is 237 Å². The number of rotatable bonds is 5. The number of halogens is 3. The van der Waals surface area contributed by atoms with E-state index in [0.717, 1.165) is 25.7 Å². The molecule has 2 amide bonds. The van der Waals surface area contributed by atoms with E-state index in [9.17, 15) is 22.8 Å². The molecule has 12 heteroatoms. The van der Waals surface area contributed by atoms with Crippen molar-refractivity contribution < 1.29 is 32.4 Å². The highest BCUT2D eigenvalue weighted by Gasteiger charge is 2.46. The van der Waals surface area contributed by atoms with Crippen molar-refractivity contribution in [3.8, 4) is 0 Å². The summed E-state index contributed by atoms with van der Waals surface area (Å²) >= 11 is 0. The van der Waals surface area contributed by atoms with Crippen LogP contribution in [0, 0.1) is 11.8 Å². The number of alkyl halides is 3. The molecule has 6 rings (SSSR count). The summed E-state index contributed by atoms with van der Waals surface area (Å²) in [5, 5.41) is 4.16. The lowest BCUT2D eigenvalue weighted by molar-refractivity contribution is -0.919. The van der Waals surface area contributed by atoms with Gasteiger partial charge in [-0.25, -0.2) is 4.79 Å². The van der Waals surface area contributed by atoms with Gasteiger partial charge < -0.3 is 24.3 Å². The Kier molecular flexibility index (Phi) is 7.25. The number of nitrogens with zero attached hydrogens (tertiary/aromatic N) is 5. The number of aromatic nitrogens is 2. The zero-order chi connectivity index (χ0) is 29.1. The fourth-order valence-electron chi connectivity index (χ4n) is 7.38. The summed E-state index contributed by atoms with van der Waals surface area (Å²) in [6.07, 6.45) is 2.43. The molecule has 0 radical (unpaired) electrons. The molecule has 4 heterocycles. The standard InChI is InChI=1S/C29H37F3N6O3/c1-18(39)35(3)27-11-33-37(15-27)28(40)36-13-20-8-25(9-21(20)14-36)34(2)12-19-6-22(29(30,31)32)10-26(7-19)38-23-4-5-24(38)17-41-16-23/h6-7,10-11,15,20-21,23-25H,4-5,8-9,12-14,16-17H2,1-3H3/p+1/t20-,21+,23?,24?,25?. The van der Waals surface area contributed by atoms with Gasteiger partial charge in [-0.2, -0.15) is 23.0 Å². The highest BCUT2D eigenvalue weighted by atomic mass is 19.4. The van der Waals surface area contributed by atoms with Gasteiger partial charge in [0.15, 0.2) is 0 Å². The molecular weight excluding hydrogens is 537 g/mol. The number of benzene rings is 1. The summed E-state index contributed by atoms with van der Waals surface area (Å²) in [6.45, 7) is 4.37. The zero-order valence-corrected chi connectivity index (χ0v) is 23.7. The SMILES string of the molecule is CC(=O)N(C)c1cnn(C(=O)N2C[C@H]3CC([NH+](C)Cc4cc(N5C6CCC5COC6)cc(C(F)(F)F)c4)C[C@H]3C2)c1. The minimum Gasteiger partial charge on any atom is -0.377 e. The fourth-order valence-corrected chi connectivity index (χ4v) is 7.38. The van der Waals surface area contributed by atoms with E-state index in [-0.39, 0.29) is 24.0 Å². The summed E-state index contributed by atoms with van der Waals surface area (Å²) in [5.41, 5.74) is 1.34. The molecule has 41 heavy (non-hydrogen) atoms. The quantitative estimate of drug-likeness (QED) is 0.594. The molecule has 1 aromatic carbocycles. The van der Waals surface area contributed by atoms with Crippen molar-refractivity contribution in [2.75, 3.05) is 50.2 Å². The highest BCUT2D eigenvalue weighted by Crippen LogP contribution is 2.39. The number of amides is 2. The van der Waals surface area contributed by atoms with Crippen LogP contribution >= 0.6 is 0 Å². The summed E-state index contributed by atoms with van der Waals surface area (Å²) in [4.78, 5) is 31.3. The van der Waals surface area contributed by atoms with Crippen LogP contribution in [0.3, 0.4) is 0 Å². The van der Waals surface area contributed by atoms with E-state index in [1.165, 1.54) is 39.7 Å². The van der Waals surface area contributed by atoms with Crippen molar-refractivity contribution in [2.24, 2.45) is 11.8 Å². The Hall–Kier alpha value is -3.12. The first-order valence-electron chi connectivity index (χ1n) is 14.5. The fraction of sp³-hybridized carbons (Fsp3) is 0.621. The average Bonchev–Trinajstić information content (AvgIpc) is 3.69. The molecule has 0 spiro atoms. The normalized spacial score (nSPS) is 28.2. The smallest absolute Gasteiger partial charge is 0.377 e. The monoisotopic (exact) mass is 575 g/mol. The molecule has 1 N–H and O–H groups in total. The van der Waals surface area contributed by atoms with Crippen molar-refractivity contribution >= 4 is 23.3 Å². The van der Waals surface area contributed by atoms with E-state index in [1.807, 2.05) is 11.0 Å². The lowest BCUT2D eigenvalue weighted by atomic mass is 10.0. The van der Waals surface area contributed by atoms with Crippen molar-refractivity contribution in [1.82, 2.24) is 14.7 Å². The molecule has 222 valence electrons. The van der Waals surface area contributed by atoms with E-state index in [0.29, 0.717) is 67.7 Å². The number of anilines is 2. The van der Waals surface area contributed by atoms with Crippen molar-refractivity contribution in [3.63, 3.8) is 0 Å². The summed E-state index contributed by atoms with van der Waals surface area (Å²) < 4.78 is 48.7. The molecule has 2 aromatic rings. The van der Waals surface area contributed by atoms with Crippen LogP contribution in [-0.2, 0) is 22.3 Å². The summed E-state index contributed by atoms with van der Waals surface area (Å²) in [6, 6.07) is 4.97. The number of nitrogens with one attached hydrogen (secondary N) is 1. The Balaban J connectivity index is 1.10. The van der Waals surface area contributed by atoms with Crippen LogP contribution in [0.4, 0.5) is 29.3 Å². The molecule has 3 saturated heterocycles. The van der Waals surface area contributed by atoms with Gasteiger partial charge in [-0.15, -0.1) is 0 Å². The third-order valence-electron chi connectivity index (χ3n) is 9.67. The van der Waals surface area contributed by atoms with Gasteiger partial charge in [-0.3, -0.25) is 4.79 Å². The van der Waals surface area contributed by atoms with Gasteiger partial charge in [0.25, 0.3) is 0 Å². The lowest BCUT2D eigenvalue weighted by Crippen LogP contribution is -3.11. The predicted molar refractivity (Wildman–Crippen MR) is 146 cm³/mol. The Morgan fingerprint density at radius 3 is 2.37 bits per heavy atom. The van der Waals surface area contributed by atoms with Crippen LogP contribution in [0.2, 0.25) is 0 Å². The van der Waals surface area contributed by atoms with Crippen LogP contribution in [0.15, 0.2) is 30.6 Å². The average molecular weight is 576 g/mol. The number of quaternary nitrogens is 1. The maximum atomic E-state index is 13.9. The number of hydrogen-bond acceptors (Lipinski definition) is 5. The van der Waals surface area contributed by atoms with Crippen LogP contribution in [-0.4, -0.2) is 85.1 Å². The van der Waals surface area contributed by atoms with E-state index in [1.54, 1.807) is 13.2 Å². The van der Waals surface area contributed by atoms with Gasteiger partial charge in [-0.1, -0.05) is 0 Å². The third-order valence-corrected chi connectivity index (χ3v) is 9.67. The molecular formula is C29H38F3N6O3+. The first kappa shape index (κ1) is 28.0. The molecule has 9 nitrogen and oxygen atoms in total. The Morgan fingerprint density at radius 2 is 1.76 bits per heavy atom. The predicted octanol–water partition coefficient (Wildman–Crippen LogP) is 2.65. The molecule has 4 fully saturated rings. The van der Waals surface area contributed by atoms with E-state index in [2.05, 4.69) is 17.0 Å². The van der Waals surface area contributed by atoms with E-state index >= 15 is 0 Å². The summed E-state index contributed by atoms with van der Waals surface area (Å²) in [7, 11) is 3.71. The largest absolute Gasteiger partial charge is 0.416 e. The van der Waals surface area contributed by atoms with Gasteiger partial charge in [0.05, 0.1) is 62.0 Å². The molecule has 6 atom stereocenters. The number of likely N-dealkylation sites (tertiary alicyclic amines) is 1. The van der Waals surface area contributed by atoms with Crippen molar-refractivity contribution in [2.45, 2.75) is 63.5 Å². The molecule has 2 bridgehead atoms. The first-order chi connectivity index (χ1) is 19.5. The van der Waals surface area contributed by atoms with Gasteiger partial charge in [0.1, 0.15) is 6.54 Å². The second-order valence-electron chi connectivity index (χ2n) is 12.3. The molecule has 1 aromatic heterocycles. The third kappa shape index (κ3) is 5.43. The topological polar surface area (TPSA) is 75.4 Å².